The number of nitrogens with zero attached hydrogens (tertiary/aromatic N) is 1. The zero-order chi connectivity index (χ0) is 31.4. The van der Waals surface area contributed by atoms with Crippen LogP contribution in [0.2, 0.25) is 0 Å². The van der Waals surface area contributed by atoms with Gasteiger partial charge in [0.1, 0.15) is 23.7 Å². The average molecular weight is 613 g/mol. The van der Waals surface area contributed by atoms with Crippen LogP contribution in [0.25, 0.3) is 0 Å². The minimum absolute atomic E-state index is 0.0721. The molecule has 43 heavy (non-hydrogen) atoms. The summed E-state index contributed by atoms with van der Waals surface area (Å²) in [6.07, 6.45) is 2.11. The molecule has 13 nitrogen and oxygen atoms in total. The quantitative estimate of drug-likeness (QED) is 0.228. The zero-order valence-corrected chi connectivity index (χ0v) is 24.7. The molecular formula is C29H32N4O9S. The van der Waals surface area contributed by atoms with Gasteiger partial charge in [-0.2, -0.15) is 0 Å². The van der Waals surface area contributed by atoms with Crippen LogP contribution in [0.5, 0.6) is 11.5 Å². The van der Waals surface area contributed by atoms with Gasteiger partial charge in [-0.05, 0) is 60.9 Å². The number of ether oxygens (including phenoxy) is 3. The van der Waals surface area contributed by atoms with E-state index in [-0.39, 0.29) is 41.8 Å². The number of amides is 3. The number of pyridine rings is 1. The van der Waals surface area contributed by atoms with Crippen LogP contribution in [0.3, 0.4) is 0 Å². The van der Waals surface area contributed by atoms with Crippen molar-refractivity contribution in [2.45, 2.75) is 24.7 Å². The van der Waals surface area contributed by atoms with Crippen LogP contribution in [0.1, 0.15) is 50.1 Å². The number of hydrogen-bond acceptors (Lipinski definition) is 10. The fourth-order valence-corrected chi connectivity index (χ4v) is 4.63. The summed E-state index contributed by atoms with van der Waals surface area (Å²) in [6.45, 7) is 2.01. The fourth-order valence-electron chi connectivity index (χ4n) is 3.65. The van der Waals surface area contributed by atoms with Gasteiger partial charge in [0.2, 0.25) is 0 Å². The van der Waals surface area contributed by atoms with E-state index >= 15 is 0 Å². The Bertz CT molecular complexity index is 1560. The second-order valence-electron chi connectivity index (χ2n) is 8.99. The van der Waals surface area contributed by atoms with Gasteiger partial charge in [0.15, 0.2) is 0 Å². The molecule has 228 valence electrons. The van der Waals surface area contributed by atoms with E-state index in [1.807, 2.05) is 11.6 Å². The molecule has 0 aliphatic rings. The van der Waals surface area contributed by atoms with E-state index in [0.717, 1.165) is 11.8 Å². The van der Waals surface area contributed by atoms with Crippen LogP contribution in [0, 0.1) is 0 Å². The van der Waals surface area contributed by atoms with Gasteiger partial charge in [0, 0.05) is 12.7 Å². The molecule has 3 N–H and O–H groups in total. The van der Waals surface area contributed by atoms with E-state index in [1.54, 1.807) is 30.3 Å². The van der Waals surface area contributed by atoms with Gasteiger partial charge < -0.3 is 24.8 Å². The number of carbonyl (C=O) groups excluding carboxylic acids is 4. The van der Waals surface area contributed by atoms with Crippen LogP contribution < -0.4 is 24.8 Å². The molecule has 3 rings (SSSR count). The van der Waals surface area contributed by atoms with E-state index in [2.05, 4.69) is 15.6 Å². The third kappa shape index (κ3) is 9.26. The summed E-state index contributed by atoms with van der Waals surface area (Å²) < 4.78 is 42.7. The van der Waals surface area contributed by atoms with Crippen molar-refractivity contribution < 1.29 is 41.8 Å². The first-order chi connectivity index (χ1) is 20.6. The third-order valence-corrected chi connectivity index (χ3v) is 7.28. The van der Waals surface area contributed by atoms with Gasteiger partial charge >= 0.3 is 5.97 Å². The lowest BCUT2D eigenvalue weighted by Gasteiger charge is -2.11. The molecule has 0 saturated carbocycles. The number of sulfonamides is 1. The number of aromatic nitrogens is 1. The van der Waals surface area contributed by atoms with E-state index in [4.69, 9.17) is 14.2 Å². The lowest BCUT2D eigenvalue weighted by molar-refractivity contribution is -0.142. The summed E-state index contributed by atoms with van der Waals surface area (Å²) >= 11 is 0. The summed E-state index contributed by atoms with van der Waals surface area (Å²) in [6, 6.07) is 13.2. The predicted octanol–water partition coefficient (Wildman–Crippen LogP) is 1.87. The highest BCUT2D eigenvalue weighted by molar-refractivity contribution is 7.90. The molecule has 1 aromatic heterocycles. The van der Waals surface area contributed by atoms with Gasteiger partial charge in [0.25, 0.3) is 27.7 Å². The van der Waals surface area contributed by atoms with Gasteiger partial charge in [-0.15, -0.1) is 0 Å². The predicted molar refractivity (Wildman–Crippen MR) is 154 cm³/mol. The average Bonchev–Trinajstić information content (AvgIpc) is 3.02. The Morgan fingerprint density at radius 2 is 1.60 bits per heavy atom. The first kappa shape index (κ1) is 32.5. The molecular weight excluding hydrogens is 580 g/mol. The van der Waals surface area contributed by atoms with Crippen LogP contribution in [-0.2, 0) is 26.0 Å². The minimum Gasteiger partial charge on any atom is -0.497 e. The monoisotopic (exact) mass is 612 g/mol. The van der Waals surface area contributed by atoms with Crippen molar-refractivity contribution in [1.29, 1.82) is 0 Å². The van der Waals surface area contributed by atoms with Crippen molar-refractivity contribution in [2.24, 2.45) is 0 Å². The van der Waals surface area contributed by atoms with E-state index in [0.29, 0.717) is 29.9 Å². The molecule has 0 spiro atoms. The summed E-state index contributed by atoms with van der Waals surface area (Å²) in [5, 5.41) is 5.14. The van der Waals surface area contributed by atoms with Gasteiger partial charge in [0.05, 0.1) is 36.8 Å². The van der Waals surface area contributed by atoms with Gasteiger partial charge in [-0.3, -0.25) is 24.2 Å². The zero-order valence-electron chi connectivity index (χ0n) is 23.8. The number of benzene rings is 2. The lowest BCUT2D eigenvalue weighted by atomic mass is 10.1. The topological polar surface area (TPSA) is 179 Å². The Labute approximate surface area is 249 Å². The van der Waals surface area contributed by atoms with Crippen molar-refractivity contribution in [2.75, 3.05) is 33.9 Å². The van der Waals surface area contributed by atoms with E-state index in [1.165, 1.54) is 38.5 Å². The number of rotatable bonds is 14. The van der Waals surface area contributed by atoms with E-state index in [9.17, 15) is 27.6 Å². The summed E-state index contributed by atoms with van der Waals surface area (Å²) in [5.74, 6) is -1.65. The van der Waals surface area contributed by atoms with Crippen LogP contribution in [0.4, 0.5) is 0 Å². The maximum Gasteiger partial charge on any atom is 0.325 e. The molecule has 3 amide bonds. The third-order valence-electron chi connectivity index (χ3n) is 5.93. The first-order valence-corrected chi connectivity index (χ1v) is 14.6. The molecule has 0 bridgehead atoms. The molecule has 0 atom stereocenters. The van der Waals surface area contributed by atoms with Crippen LogP contribution >= 0.6 is 0 Å². The minimum atomic E-state index is -4.21. The SMILES string of the molecule is CCCOC(=O)CNC(=O)c1ccc(C(=O)NS(=O)(=O)c2ccc(CCNC(=O)c3cc(OC)ccc3OC)cc2)cn1. The summed E-state index contributed by atoms with van der Waals surface area (Å²) in [5.41, 5.74) is 0.899. The highest BCUT2D eigenvalue weighted by Gasteiger charge is 2.20. The molecule has 0 radical (unpaired) electrons. The number of methoxy groups -OCH3 is 2. The number of hydrogen-bond donors (Lipinski definition) is 3. The Morgan fingerprint density at radius 3 is 2.23 bits per heavy atom. The van der Waals surface area contributed by atoms with Crippen LogP contribution in [0.15, 0.2) is 65.7 Å². The Hall–Kier alpha value is -4.98. The smallest absolute Gasteiger partial charge is 0.325 e. The molecule has 14 heteroatoms. The molecule has 0 fully saturated rings. The molecule has 0 saturated heterocycles. The normalized spacial score (nSPS) is 10.8. The maximum absolute atomic E-state index is 12.8. The summed E-state index contributed by atoms with van der Waals surface area (Å²) in [4.78, 5) is 52.6. The molecule has 0 aliphatic carbocycles. The van der Waals surface area contributed by atoms with Gasteiger partial charge in [-0.1, -0.05) is 19.1 Å². The van der Waals surface area contributed by atoms with Crippen molar-refractivity contribution in [3.63, 3.8) is 0 Å². The standard InChI is InChI=1S/C29H32N4O9S/c1-4-15-42-26(34)18-32-29(37)24-11-7-20(17-31-24)27(35)33-43(38,39)22-9-5-19(6-10-22)13-14-30-28(36)23-16-21(40-2)8-12-25(23)41-3/h5-12,16-17H,4,13-15,18H2,1-3H3,(H,30,36)(H,32,37)(H,33,35). The number of esters is 1. The highest BCUT2D eigenvalue weighted by Crippen LogP contribution is 2.23. The highest BCUT2D eigenvalue weighted by atomic mass is 32.2. The van der Waals surface area contributed by atoms with Crippen molar-refractivity contribution in [3.8, 4) is 11.5 Å². The molecule has 2 aromatic carbocycles. The lowest BCUT2D eigenvalue weighted by Crippen LogP contribution is -2.32. The second-order valence-corrected chi connectivity index (χ2v) is 10.7. The second kappa shape index (κ2) is 15.3. The summed E-state index contributed by atoms with van der Waals surface area (Å²) in [7, 11) is -1.26. The van der Waals surface area contributed by atoms with Gasteiger partial charge in [-0.25, -0.2) is 13.1 Å². The maximum atomic E-state index is 12.8. The Balaban J connectivity index is 1.53. The number of carbonyl (C=O) groups is 4. The van der Waals surface area contributed by atoms with Crippen molar-refractivity contribution in [3.05, 3.63) is 83.2 Å². The van der Waals surface area contributed by atoms with E-state index < -0.39 is 27.8 Å². The first-order valence-electron chi connectivity index (χ1n) is 13.1. The molecule has 3 aromatic rings. The molecule has 0 unspecified atom stereocenters. The van der Waals surface area contributed by atoms with Crippen LogP contribution in [-0.4, -0.2) is 71.0 Å². The fraction of sp³-hybridized carbons (Fsp3) is 0.276. The molecule has 1 heterocycles. The number of nitrogens with one attached hydrogen (secondary N) is 3. The Morgan fingerprint density at radius 1 is 0.860 bits per heavy atom. The van der Waals surface area contributed by atoms with Crippen molar-refractivity contribution in [1.82, 2.24) is 20.3 Å². The largest absolute Gasteiger partial charge is 0.497 e. The Kier molecular flexibility index (Phi) is 11.6. The molecule has 0 aliphatic heterocycles. The van der Waals surface area contributed by atoms with Crippen molar-refractivity contribution >= 4 is 33.7 Å².